The number of carbonyl (C=O) groups is 1. The molecule has 0 aliphatic carbocycles. The summed E-state index contributed by atoms with van der Waals surface area (Å²) in [6.45, 7) is 13.9. The van der Waals surface area contributed by atoms with E-state index in [0.717, 1.165) is 6.42 Å². The highest BCUT2D eigenvalue weighted by atomic mass is 16.6. The summed E-state index contributed by atoms with van der Waals surface area (Å²) in [4.78, 5) is 14.3. The van der Waals surface area contributed by atoms with Gasteiger partial charge in [-0.2, -0.15) is 0 Å². The Labute approximate surface area is 191 Å². The topological polar surface area (TPSA) is 59.0 Å². The summed E-state index contributed by atoms with van der Waals surface area (Å²) in [5.41, 5.74) is -1.39. The van der Waals surface area contributed by atoms with E-state index in [2.05, 4.69) is 19.9 Å². The predicted octanol–water partition coefficient (Wildman–Crippen LogP) is 6.83. The Bertz CT molecular complexity index is 538. The lowest BCUT2D eigenvalue weighted by Crippen LogP contribution is -2.53. The fourth-order valence-electron chi connectivity index (χ4n) is 4.06. The number of unbranched alkanes of at least 4 members (excludes halogenated alkanes) is 8. The maximum absolute atomic E-state index is 12.7. The number of hydrogen-bond donors (Lipinski definition) is 1. The van der Waals surface area contributed by atoms with Crippen molar-refractivity contribution in [1.29, 1.82) is 0 Å². The normalized spacial score (nSPS) is 20.9. The Morgan fingerprint density at radius 3 is 2.19 bits per heavy atom. The largest absolute Gasteiger partial charge is 0.444 e. The van der Waals surface area contributed by atoms with Crippen molar-refractivity contribution in [2.45, 2.75) is 136 Å². The molecule has 2 unspecified atom stereocenters. The number of aliphatic hydroxyl groups excluding tert-OH is 1. The summed E-state index contributed by atoms with van der Waals surface area (Å²) < 4.78 is 11.3. The number of allylic oxidation sites excluding steroid dienone is 1. The molecule has 182 valence electrons. The molecule has 3 atom stereocenters. The van der Waals surface area contributed by atoms with Crippen molar-refractivity contribution >= 4 is 6.09 Å². The Hall–Kier alpha value is -1.07. The molecule has 1 aliphatic heterocycles. The number of hydrogen-bond acceptors (Lipinski definition) is 4. The summed E-state index contributed by atoms with van der Waals surface area (Å²) in [6, 6.07) is -0.444. The smallest absolute Gasteiger partial charge is 0.413 e. The Morgan fingerprint density at radius 2 is 1.65 bits per heavy atom. The molecule has 0 radical (unpaired) electrons. The van der Waals surface area contributed by atoms with Gasteiger partial charge in [0.2, 0.25) is 0 Å². The van der Waals surface area contributed by atoms with Crippen molar-refractivity contribution in [2.75, 3.05) is 6.61 Å². The molecule has 0 aromatic rings. The van der Waals surface area contributed by atoms with Gasteiger partial charge < -0.3 is 14.6 Å². The quantitative estimate of drug-likeness (QED) is 0.252. The second-order valence-electron chi connectivity index (χ2n) is 10.6. The van der Waals surface area contributed by atoms with Crippen LogP contribution in [0.15, 0.2) is 12.2 Å². The van der Waals surface area contributed by atoms with Crippen LogP contribution in [0.2, 0.25) is 0 Å². The fourth-order valence-corrected chi connectivity index (χ4v) is 4.06. The summed E-state index contributed by atoms with van der Waals surface area (Å²) in [6.07, 6.45) is 15.8. The van der Waals surface area contributed by atoms with Gasteiger partial charge in [-0.05, 0) is 47.0 Å². The van der Waals surface area contributed by atoms with E-state index in [1.54, 1.807) is 4.90 Å². The minimum atomic E-state index is -0.802. The number of carbonyl (C=O) groups excluding carboxylic acids is 1. The molecule has 1 saturated heterocycles. The molecule has 0 saturated carbocycles. The molecule has 1 aliphatic rings. The van der Waals surface area contributed by atoms with Gasteiger partial charge in [0.25, 0.3) is 0 Å². The first kappa shape index (κ1) is 28.0. The highest BCUT2D eigenvalue weighted by molar-refractivity contribution is 5.70. The van der Waals surface area contributed by atoms with Gasteiger partial charge in [0, 0.05) is 0 Å². The molecule has 1 N–H and O–H groups in total. The van der Waals surface area contributed by atoms with Gasteiger partial charge in [-0.1, -0.05) is 83.8 Å². The van der Waals surface area contributed by atoms with Crippen LogP contribution >= 0.6 is 0 Å². The highest BCUT2D eigenvalue weighted by Gasteiger charge is 2.47. The van der Waals surface area contributed by atoms with Crippen LogP contribution in [0.3, 0.4) is 0 Å². The molecule has 0 spiro atoms. The van der Waals surface area contributed by atoms with Gasteiger partial charge in [0.15, 0.2) is 0 Å². The van der Waals surface area contributed by atoms with Crippen LogP contribution < -0.4 is 0 Å². The number of aliphatic hydroxyl groups is 1. The van der Waals surface area contributed by atoms with Gasteiger partial charge in [0.05, 0.1) is 18.8 Å². The van der Waals surface area contributed by atoms with Crippen molar-refractivity contribution in [2.24, 2.45) is 5.92 Å². The first-order valence-electron chi connectivity index (χ1n) is 12.5. The van der Waals surface area contributed by atoms with E-state index >= 15 is 0 Å². The Morgan fingerprint density at radius 1 is 1.10 bits per heavy atom. The molecule has 1 heterocycles. The Kier molecular flexibility index (Phi) is 12.2. The first-order chi connectivity index (χ1) is 14.5. The SMILES string of the molecule is CCCCCCCCCCCC(C)/C=C/[C@@H](O)C1COC(C)(C)N1C(=O)OC(C)(C)C. The summed E-state index contributed by atoms with van der Waals surface area (Å²) >= 11 is 0. The van der Waals surface area contributed by atoms with Crippen LogP contribution in [0, 0.1) is 5.92 Å². The van der Waals surface area contributed by atoms with E-state index in [9.17, 15) is 9.90 Å². The predicted molar refractivity (Wildman–Crippen MR) is 128 cm³/mol. The second kappa shape index (κ2) is 13.5. The van der Waals surface area contributed by atoms with E-state index in [4.69, 9.17) is 9.47 Å². The second-order valence-corrected chi connectivity index (χ2v) is 10.6. The minimum absolute atomic E-state index is 0.296. The summed E-state index contributed by atoms with van der Waals surface area (Å²) in [5, 5.41) is 10.8. The maximum Gasteiger partial charge on any atom is 0.413 e. The fraction of sp³-hybridized carbons (Fsp3) is 0.885. The third kappa shape index (κ3) is 10.9. The summed E-state index contributed by atoms with van der Waals surface area (Å²) in [7, 11) is 0. The first-order valence-corrected chi connectivity index (χ1v) is 12.5. The maximum atomic E-state index is 12.7. The molecule has 31 heavy (non-hydrogen) atoms. The highest BCUT2D eigenvalue weighted by Crippen LogP contribution is 2.31. The van der Waals surface area contributed by atoms with Crippen LogP contribution in [0.1, 0.15) is 113 Å². The molecule has 1 fully saturated rings. The van der Waals surface area contributed by atoms with Crippen LogP contribution in [0.5, 0.6) is 0 Å². The van der Waals surface area contributed by atoms with Crippen LogP contribution in [-0.2, 0) is 9.47 Å². The van der Waals surface area contributed by atoms with Crippen LogP contribution in [0.4, 0.5) is 4.79 Å². The van der Waals surface area contributed by atoms with Crippen LogP contribution in [-0.4, -0.2) is 46.2 Å². The number of amides is 1. The van der Waals surface area contributed by atoms with E-state index in [1.807, 2.05) is 40.7 Å². The molecule has 1 rings (SSSR count). The van der Waals surface area contributed by atoms with Gasteiger partial charge in [-0.25, -0.2) is 4.79 Å². The van der Waals surface area contributed by atoms with Gasteiger partial charge >= 0.3 is 6.09 Å². The van der Waals surface area contributed by atoms with E-state index in [1.165, 1.54) is 57.8 Å². The van der Waals surface area contributed by atoms with Gasteiger partial charge in [0.1, 0.15) is 11.3 Å². The van der Waals surface area contributed by atoms with Gasteiger partial charge in [-0.3, -0.25) is 4.90 Å². The van der Waals surface area contributed by atoms with Crippen LogP contribution in [0.25, 0.3) is 0 Å². The molecule has 5 heteroatoms. The van der Waals surface area contributed by atoms with Crippen molar-refractivity contribution < 1.29 is 19.4 Å². The van der Waals surface area contributed by atoms with Crippen molar-refractivity contribution in [3.8, 4) is 0 Å². The van der Waals surface area contributed by atoms with E-state index in [0.29, 0.717) is 12.5 Å². The molecular formula is C26H49NO4. The van der Waals surface area contributed by atoms with Crippen molar-refractivity contribution in [1.82, 2.24) is 4.90 Å². The summed E-state index contributed by atoms with van der Waals surface area (Å²) in [5.74, 6) is 0.407. The monoisotopic (exact) mass is 439 g/mol. The average Bonchev–Trinajstić information content (AvgIpc) is 2.98. The lowest BCUT2D eigenvalue weighted by Gasteiger charge is -2.36. The number of ether oxygens (including phenoxy) is 2. The molecule has 1 amide bonds. The van der Waals surface area contributed by atoms with E-state index in [-0.39, 0.29) is 0 Å². The number of nitrogens with zero attached hydrogens (tertiary/aromatic N) is 1. The zero-order valence-electron chi connectivity index (χ0n) is 21.3. The zero-order valence-corrected chi connectivity index (χ0v) is 21.3. The number of rotatable bonds is 13. The third-order valence-corrected chi connectivity index (χ3v) is 5.90. The standard InChI is InChI=1S/C26H49NO4/c1-8-9-10-11-12-13-14-15-16-17-21(2)18-19-23(28)22-20-30-26(6,7)27(22)24(29)31-25(3,4)5/h18-19,21-23,28H,8-17,20H2,1-7H3/b19-18+/t21?,22?,23-/m1/s1. The molecule has 5 nitrogen and oxygen atoms in total. The minimum Gasteiger partial charge on any atom is -0.444 e. The Balaban J connectivity index is 2.41. The molecule has 0 bridgehead atoms. The van der Waals surface area contributed by atoms with E-state index < -0.39 is 29.6 Å². The van der Waals surface area contributed by atoms with Gasteiger partial charge in [-0.15, -0.1) is 0 Å². The third-order valence-electron chi connectivity index (χ3n) is 5.90. The molecular weight excluding hydrogens is 390 g/mol. The van der Waals surface area contributed by atoms with Crippen molar-refractivity contribution in [3.63, 3.8) is 0 Å². The average molecular weight is 440 g/mol. The lowest BCUT2D eigenvalue weighted by molar-refractivity contribution is -0.0661. The zero-order chi connectivity index (χ0) is 23.5. The molecule has 0 aromatic heterocycles. The lowest BCUT2D eigenvalue weighted by atomic mass is 9.99. The molecule has 0 aromatic carbocycles. The van der Waals surface area contributed by atoms with Crippen molar-refractivity contribution in [3.05, 3.63) is 12.2 Å².